The third kappa shape index (κ3) is 1.51. The maximum absolute atomic E-state index is 6.16. The fourth-order valence-electron chi connectivity index (χ4n) is 2.19. The van der Waals surface area contributed by atoms with Gasteiger partial charge in [-0.15, -0.1) is 0 Å². The number of nitrogens with two attached hydrogens (primary N) is 1. The Morgan fingerprint density at radius 2 is 2.25 bits per heavy atom. The first-order valence-corrected chi connectivity index (χ1v) is 5.86. The molecule has 1 heterocycles. The molecule has 0 bridgehead atoms. The van der Waals surface area contributed by atoms with Gasteiger partial charge in [-0.05, 0) is 30.9 Å². The van der Waals surface area contributed by atoms with Crippen molar-refractivity contribution >= 4 is 22.5 Å². The van der Waals surface area contributed by atoms with Crippen molar-refractivity contribution in [3.63, 3.8) is 0 Å². The van der Waals surface area contributed by atoms with Gasteiger partial charge < -0.3 is 5.73 Å². The van der Waals surface area contributed by atoms with E-state index < -0.39 is 0 Å². The Kier molecular flexibility index (Phi) is 2.03. The van der Waals surface area contributed by atoms with Crippen LogP contribution < -0.4 is 5.73 Å². The van der Waals surface area contributed by atoms with E-state index in [2.05, 4.69) is 11.2 Å². The molecule has 1 saturated carbocycles. The van der Waals surface area contributed by atoms with E-state index in [4.69, 9.17) is 17.3 Å². The Hall–Kier alpha value is -1.06. The van der Waals surface area contributed by atoms with Gasteiger partial charge in [-0.3, -0.25) is 4.68 Å². The molecule has 2 aromatic rings. The minimum absolute atomic E-state index is 0.00739. The van der Waals surface area contributed by atoms with Gasteiger partial charge in [0.2, 0.25) is 0 Å². The largest absolute Gasteiger partial charge is 0.325 e. The van der Waals surface area contributed by atoms with E-state index in [0.717, 1.165) is 30.2 Å². The quantitative estimate of drug-likeness (QED) is 0.868. The van der Waals surface area contributed by atoms with Crippen LogP contribution in [-0.2, 0) is 13.5 Å². The fraction of sp³-hybridized carbons (Fsp3) is 0.417. The zero-order valence-corrected chi connectivity index (χ0v) is 9.96. The van der Waals surface area contributed by atoms with Crippen LogP contribution in [0.2, 0.25) is 5.15 Å². The minimum atomic E-state index is 0.00739. The van der Waals surface area contributed by atoms with Gasteiger partial charge in [0.05, 0.1) is 5.52 Å². The molecule has 0 aliphatic heterocycles. The topological polar surface area (TPSA) is 43.8 Å². The second-order valence-corrected chi connectivity index (χ2v) is 5.12. The van der Waals surface area contributed by atoms with Crippen molar-refractivity contribution in [2.45, 2.75) is 24.8 Å². The Morgan fingerprint density at radius 1 is 1.50 bits per heavy atom. The van der Waals surface area contributed by atoms with Crippen LogP contribution in [0, 0.1) is 0 Å². The highest BCUT2D eigenvalue weighted by Crippen LogP contribution is 2.38. The summed E-state index contributed by atoms with van der Waals surface area (Å²) in [4.78, 5) is 0. The molecule has 0 saturated heterocycles. The van der Waals surface area contributed by atoms with Crippen LogP contribution in [0.3, 0.4) is 0 Å². The molecule has 1 aliphatic rings. The third-order valence-corrected chi connectivity index (χ3v) is 3.62. The summed E-state index contributed by atoms with van der Waals surface area (Å²) in [6, 6.07) is 6.18. The van der Waals surface area contributed by atoms with Crippen molar-refractivity contribution in [1.82, 2.24) is 9.78 Å². The standard InChI is InChI=1S/C12H14ClN3/c1-16-9-4-2-3-8(7-12(14)5-6-12)10(9)11(13)15-16/h2-4H,5-7,14H2,1H3. The lowest BCUT2D eigenvalue weighted by atomic mass is 10.0. The molecule has 4 heteroatoms. The van der Waals surface area contributed by atoms with E-state index in [-0.39, 0.29) is 5.54 Å². The third-order valence-electron chi connectivity index (χ3n) is 3.36. The second kappa shape index (κ2) is 3.22. The number of hydrogen-bond donors (Lipinski definition) is 1. The number of fused-ring (bicyclic) bond motifs is 1. The molecule has 3 nitrogen and oxygen atoms in total. The van der Waals surface area contributed by atoms with Gasteiger partial charge in [-0.1, -0.05) is 23.7 Å². The number of aromatic nitrogens is 2. The Labute approximate surface area is 99.2 Å². The van der Waals surface area contributed by atoms with E-state index >= 15 is 0 Å². The van der Waals surface area contributed by atoms with Crippen LogP contribution in [0.5, 0.6) is 0 Å². The van der Waals surface area contributed by atoms with Crippen LogP contribution in [0.25, 0.3) is 10.9 Å². The first-order chi connectivity index (χ1) is 7.59. The highest BCUT2D eigenvalue weighted by molar-refractivity contribution is 6.34. The average Bonchev–Trinajstić information content (AvgIpc) is 2.87. The van der Waals surface area contributed by atoms with Gasteiger partial charge in [0.25, 0.3) is 0 Å². The lowest BCUT2D eigenvalue weighted by Gasteiger charge is -2.09. The molecule has 1 aromatic heterocycles. The SMILES string of the molecule is Cn1nc(Cl)c2c(CC3(N)CC3)cccc21. The van der Waals surface area contributed by atoms with Crippen molar-refractivity contribution < 1.29 is 0 Å². The first kappa shape index (κ1) is 10.1. The van der Waals surface area contributed by atoms with Crippen molar-refractivity contribution in [1.29, 1.82) is 0 Å². The lowest BCUT2D eigenvalue weighted by molar-refractivity contribution is 0.675. The maximum Gasteiger partial charge on any atom is 0.159 e. The van der Waals surface area contributed by atoms with Crippen LogP contribution >= 0.6 is 11.6 Å². The van der Waals surface area contributed by atoms with Crippen LogP contribution in [0.15, 0.2) is 18.2 Å². The lowest BCUT2D eigenvalue weighted by Crippen LogP contribution is -2.24. The van der Waals surface area contributed by atoms with E-state index in [1.165, 1.54) is 5.56 Å². The number of benzene rings is 1. The smallest absolute Gasteiger partial charge is 0.159 e. The van der Waals surface area contributed by atoms with Gasteiger partial charge in [0, 0.05) is 18.0 Å². The second-order valence-electron chi connectivity index (χ2n) is 4.76. The summed E-state index contributed by atoms with van der Waals surface area (Å²) in [5.41, 5.74) is 8.46. The average molecular weight is 236 g/mol. The molecule has 0 atom stereocenters. The first-order valence-electron chi connectivity index (χ1n) is 5.48. The summed E-state index contributed by atoms with van der Waals surface area (Å²) in [6.45, 7) is 0. The highest BCUT2D eigenvalue weighted by Gasteiger charge is 2.38. The Morgan fingerprint density at radius 3 is 2.94 bits per heavy atom. The van der Waals surface area contributed by atoms with Crippen LogP contribution in [0.4, 0.5) is 0 Å². The number of halogens is 1. The number of nitrogens with zero attached hydrogens (tertiary/aromatic N) is 2. The molecule has 84 valence electrons. The van der Waals surface area contributed by atoms with Crippen LogP contribution in [0.1, 0.15) is 18.4 Å². The van der Waals surface area contributed by atoms with Crippen molar-refractivity contribution in [3.05, 3.63) is 28.9 Å². The molecule has 0 spiro atoms. The Balaban J connectivity index is 2.16. The number of rotatable bonds is 2. The van der Waals surface area contributed by atoms with Gasteiger partial charge in [-0.25, -0.2) is 0 Å². The van der Waals surface area contributed by atoms with Crippen LogP contribution in [-0.4, -0.2) is 15.3 Å². The molecule has 2 N–H and O–H groups in total. The summed E-state index contributed by atoms with van der Waals surface area (Å²) in [7, 11) is 1.91. The molecular formula is C12H14ClN3. The molecule has 1 aliphatic carbocycles. The summed E-state index contributed by atoms with van der Waals surface area (Å²) in [5.74, 6) is 0. The molecule has 1 fully saturated rings. The molecule has 0 unspecified atom stereocenters. The molecule has 3 rings (SSSR count). The minimum Gasteiger partial charge on any atom is -0.325 e. The Bertz CT molecular complexity index is 555. The highest BCUT2D eigenvalue weighted by atomic mass is 35.5. The predicted molar refractivity (Wildman–Crippen MR) is 65.6 cm³/mol. The molecular weight excluding hydrogens is 222 g/mol. The van der Waals surface area contributed by atoms with Gasteiger partial charge >= 0.3 is 0 Å². The maximum atomic E-state index is 6.16. The van der Waals surface area contributed by atoms with Crippen molar-refractivity contribution in [2.75, 3.05) is 0 Å². The van der Waals surface area contributed by atoms with E-state index in [1.54, 1.807) is 0 Å². The van der Waals surface area contributed by atoms with Gasteiger partial charge in [0.15, 0.2) is 5.15 Å². The monoisotopic (exact) mass is 235 g/mol. The number of hydrogen-bond acceptors (Lipinski definition) is 2. The molecule has 0 amide bonds. The van der Waals surface area contributed by atoms with Gasteiger partial charge in [0.1, 0.15) is 0 Å². The van der Waals surface area contributed by atoms with Gasteiger partial charge in [-0.2, -0.15) is 5.10 Å². The summed E-state index contributed by atoms with van der Waals surface area (Å²) >= 11 is 6.16. The normalized spacial score (nSPS) is 17.9. The summed E-state index contributed by atoms with van der Waals surface area (Å²) in [5, 5.41) is 5.88. The fourth-order valence-corrected chi connectivity index (χ4v) is 2.53. The summed E-state index contributed by atoms with van der Waals surface area (Å²) in [6.07, 6.45) is 3.12. The van der Waals surface area contributed by atoms with Crippen molar-refractivity contribution in [3.8, 4) is 0 Å². The van der Waals surface area contributed by atoms with E-state index in [1.807, 2.05) is 23.9 Å². The molecule has 1 aromatic carbocycles. The zero-order valence-electron chi connectivity index (χ0n) is 9.20. The number of aryl methyl sites for hydroxylation is 1. The molecule has 0 radical (unpaired) electrons. The zero-order chi connectivity index (χ0) is 11.3. The van der Waals surface area contributed by atoms with E-state index in [0.29, 0.717) is 5.15 Å². The predicted octanol–water partition coefficient (Wildman–Crippen LogP) is 2.26. The van der Waals surface area contributed by atoms with Crippen molar-refractivity contribution in [2.24, 2.45) is 12.8 Å². The van der Waals surface area contributed by atoms with E-state index in [9.17, 15) is 0 Å². The molecule has 16 heavy (non-hydrogen) atoms. The summed E-state index contributed by atoms with van der Waals surface area (Å²) < 4.78 is 1.82.